The molecule has 0 fully saturated rings. The second kappa shape index (κ2) is 9.15. The third-order valence-electron chi connectivity index (χ3n) is 8.93. The second-order valence-corrected chi connectivity index (χ2v) is 11.4. The summed E-state index contributed by atoms with van der Waals surface area (Å²) in [5.74, 6) is 1.39. The van der Waals surface area contributed by atoms with Gasteiger partial charge in [0.25, 0.3) is 0 Å². The zero-order valence-electron chi connectivity index (χ0n) is 24.1. The van der Waals surface area contributed by atoms with E-state index in [-0.39, 0.29) is 0 Å². The Balaban J connectivity index is 1.44. The molecule has 10 aromatic rings. The van der Waals surface area contributed by atoms with Crippen LogP contribution >= 0.6 is 0 Å². The van der Waals surface area contributed by atoms with Crippen molar-refractivity contribution in [2.75, 3.05) is 0 Å². The molecule has 6 aromatic carbocycles. The number of rotatable bonds is 3. The molecule has 0 aliphatic heterocycles. The van der Waals surface area contributed by atoms with Gasteiger partial charge in [0.05, 0.1) is 22.1 Å². The summed E-state index contributed by atoms with van der Waals surface area (Å²) in [6, 6.07) is 50.6. The van der Waals surface area contributed by atoms with E-state index in [4.69, 9.17) is 14.4 Å². The molecule has 0 N–H and O–H groups in total. The highest BCUT2D eigenvalue weighted by atomic mass is 16.3. The quantitative estimate of drug-likeness (QED) is 0.210. The SMILES string of the molecule is c1ccc(-c2nc(-n3c4ccccc4c4ccc5c(c6ccccc6n5-c5ccccc5)c43)c3oc4ccccc4c3n2)cc1. The topological polar surface area (TPSA) is 48.8 Å². The van der Waals surface area contributed by atoms with Crippen molar-refractivity contribution >= 4 is 65.7 Å². The molecule has 0 atom stereocenters. The van der Waals surface area contributed by atoms with Crippen LogP contribution in [0.5, 0.6) is 0 Å². The number of benzene rings is 6. The Hall–Kier alpha value is -6.20. The lowest BCUT2D eigenvalue weighted by Crippen LogP contribution is -2.02. The fraction of sp³-hybridized carbons (Fsp3) is 0. The predicted octanol–water partition coefficient (Wildman–Crippen LogP) is 10.2. The van der Waals surface area contributed by atoms with E-state index in [0.717, 1.165) is 66.4 Å². The Labute approximate surface area is 257 Å². The van der Waals surface area contributed by atoms with Crippen LogP contribution < -0.4 is 0 Å². The van der Waals surface area contributed by atoms with Crippen molar-refractivity contribution < 1.29 is 4.42 Å². The van der Waals surface area contributed by atoms with Gasteiger partial charge in [0.1, 0.15) is 11.1 Å². The first kappa shape index (κ1) is 24.3. The molecule has 0 aliphatic rings. The van der Waals surface area contributed by atoms with Gasteiger partial charge in [0, 0.05) is 38.2 Å². The average Bonchev–Trinajstić information content (AvgIpc) is 3.76. The van der Waals surface area contributed by atoms with Crippen LogP contribution in [0, 0.1) is 0 Å². The summed E-state index contributed by atoms with van der Waals surface area (Å²) >= 11 is 0. The largest absolute Gasteiger partial charge is 0.450 e. The predicted molar refractivity (Wildman–Crippen MR) is 183 cm³/mol. The lowest BCUT2D eigenvalue weighted by Gasteiger charge is -2.11. The molecule has 45 heavy (non-hydrogen) atoms. The Bertz CT molecular complexity index is 2750. The first-order valence-electron chi connectivity index (χ1n) is 15.1. The van der Waals surface area contributed by atoms with Crippen LogP contribution in [0.4, 0.5) is 0 Å². The van der Waals surface area contributed by atoms with Crippen LogP contribution in [0.15, 0.2) is 150 Å². The van der Waals surface area contributed by atoms with Crippen LogP contribution in [0.2, 0.25) is 0 Å². The zero-order valence-corrected chi connectivity index (χ0v) is 24.1. The van der Waals surface area contributed by atoms with Gasteiger partial charge in [-0.05, 0) is 42.5 Å². The third-order valence-corrected chi connectivity index (χ3v) is 8.93. The van der Waals surface area contributed by atoms with Gasteiger partial charge in [0.15, 0.2) is 17.2 Å². The fourth-order valence-corrected chi connectivity index (χ4v) is 7.03. The van der Waals surface area contributed by atoms with Gasteiger partial charge in [-0.1, -0.05) is 103 Å². The van der Waals surface area contributed by atoms with Crippen molar-refractivity contribution in [3.8, 4) is 22.9 Å². The molecule has 0 bridgehead atoms. The number of para-hydroxylation sites is 4. The van der Waals surface area contributed by atoms with Crippen molar-refractivity contribution in [2.45, 2.75) is 0 Å². The maximum atomic E-state index is 6.62. The Morgan fingerprint density at radius 1 is 0.467 bits per heavy atom. The molecule has 0 unspecified atom stereocenters. The van der Waals surface area contributed by atoms with E-state index in [1.165, 1.54) is 10.8 Å². The molecule has 0 spiro atoms. The molecule has 0 radical (unpaired) electrons. The Kier molecular flexibility index (Phi) is 4.93. The number of furan rings is 1. The highest BCUT2D eigenvalue weighted by Crippen LogP contribution is 2.43. The molecule has 10 rings (SSSR count). The van der Waals surface area contributed by atoms with Gasteiger partial charge in [-0.3, -0.25) is 4.57 Å². The highest BCUT2D eigenvalue weighted by molar-refractivity contribution is 6.26. The van der Waals surface area contributed by atoms with E-state index >= 15 is 0 Å². The minimum atomic E-state index is 0.662. The van der Waals surface area contributed by atoms with E-state index in [2.05, 4.69) is 118 Å². The highest BCUT2D eigenvalue weighted by Gasteiger charge is 2.25. The van der Waals surface area contributed by atoms with Gasteiger partial charge < -0.3 is 8.98 Å². The van der Waals surface area contributed by atoms with E-state index in [0.29, 0.717) is 11.4 Å². The van der Waals surface area contributed by atoms with Crippen molar-refractivity contribution in [3.63, 3.8) is 0 Å². The monoisotopic (exact) mass is 576 g/mol. The third kappa shape index (κ3) is 3.38. The van der Waals surface area contributed by atoms with E-state index < -0.39 is 0 Å². The number of hydrogen-bond acceptors (Lipinski definition) is 3. The molecule has 0 amide bonds. The van der Waals surface area contributed by atoms with Crippen molar-refractivity contribution in [1.82, 2.24) is 19.1 Å². The first-order chi connectivity index (χ1) is 22.3. The molecular weight excluding hydrogens is 552 g/mol. The Morgan fingerprint density at radius 3 is 1.91 bits per heavy atom. The lowest BCUT2D eigenvalue weighted by molar-refractivity contribution is 0.662. The molecule has 5 heteroatoms. The number of nitrogens with zero attached hydrogens (tertiary/aromatic N) is 4. The molecule has 4 heterocycles. The first-order valence-corrected chi connectivity index (χ1v) is 15.1. The van der Waals surface area contributed by atoms with Crippen LogP contribution in [0.1, 0.15) is 0 Å². The van der Waals surface area contributed by atoms with Crippen molar-refractivity contribution in [2.24, 2.45) is 0 Å². The van der Waals surface area contributed by atoms with Gasteiger partial charge in [0.2, 0.25) is 0 Å². The van der Waals surface area contributed by atoms with Crippen molar-refractivity contribution in [3.05, 3.63) is 146 Å². The normalized spacial score (nSPS) is 12.0. The smallest absolute Gasteiger partial charge is 0.197 e. The van der Waals surface area contributed by atoms with Gasteiger partial charge >= 0.3 is 0 Å². The van der Waals surface area contributed by atoms with Crippen LogP contribution in [0.3, 0.4) is 0 Å². The molecule has 0 aliphatic carbocycles. The summed E-state index contributed by atoms with van der Waals surface area (Å²) in [5.41, 5.74) is 8.80. The van der Waals surface area contributed by atoms with Crippen molar-refractivity contribution in [1.29, 1.82) is 0 Å². The summed E-state index contributed by atoms with van der Waals surface area (Å²) in [5, 5.41) is 5.66. The summed E-state index contributed by atoms with van der Waals surface area (Å²) in [6.07, 6.45) is 0. The van der Waals surface area contributed by atoms with Gasteiger partial charge in [-0.2, -0.15) is 0 Å². The number of aromatic nitrogens is 4. The summed E-state index contributed by atoms with van der Waals surface area (Å²) in [6.45, 7) is 0. The lowest BCUT2D eigenvalue weighted by atomic mass is 10.1. The molecule has 210 valence electrons. The van der Waals surface area contributed by atoms with Gasteiger partial charge in [-0.25, -0.2) is 9.97 Å². The second-order valence-electron chi connectivity index (χ2n) is 11.4. The fourth-order valence-electron chi connectivity index (χ4n) is 7.03. The molecule has 4 aromatic heterocycles. The maximum Gasteiger partial charge on any atom is 0.197 e. The van der Waals surface area contributed by atoms with E-state index in [1.54, 1.807) is 0 Å². The summed E-state index contributed by atoms with van der Waals surface area (Å²) < 4.78 is 11.3. The maximum absolute atomic E-state index is 6.62. The van der Waals surface area contributed by atoms with Crippen LogP contribution in [-0.2, 0) is 0 Å². The van der Waals surface area contributed by atoms with Gasteiger partial charge in [-0.15, -0.1) is 0 Å². The number of fused-ring (bicyclic) bond motifs is 10. The van der Waals surface area contributed by atoms with E-state index in [1.807, 2.05) is 36.4 Å². The van der Waals surface area contributed by atoms with E-state index in [9.17, 15) is 0 Å². The standard InChI is InChI=1S/C40H24N4O/c1-3-13-25(14-4-1)39-41-36-30-19-9-12-22-34(30)45-38(36)40(42-39)44-31-20-10-7-17-27(31)28-23-24-33-35(37(28)44)29-18-8-11-21-32(29)43(33)26-15-5-2-6-16-26/h1-24H. The average molecular weight is 577 g/mol. The summed E-state index contributed by atoms with van der Waals surface area (Å²) in [4.78, 5) is 10.4. The van der Waals surface area contributed by atoms with Crippen LogP contribution in [0.25, 0.3) is 88.6 Å². The number of hydrogen-bond donors (Lipinski definition) is 0. The minimum Gasteiger partial charge on any atom is -0.450 e. The summed E-state index contributed by atoms with van der Waals surface area (Å²) in [7, 11) is 0. The molecule has 0 saturated heterocycles. The van der Waals surface area contributed by atoms with Crippen LogP contribution in [-0.4, -0.2) is 19.1 Å². The minimum absolute atomic E-state index is 0.662. The molecular formula is C40H24N4O. The molecule has 5 nitrogen and oxygen atoms in total. The zero-order chi connectivity index (χ0) is 29.5. The Morgan fingerprint density at radius 2 is 1.11 bits per heavy atom. The molecule has 0 saturated carbocycles.